The molecule has 0 radical (unpaired) electrons. The van der Waals surface area contributed by atoms with E-state index in [2.05, 4.69) is 65.6 Å². The molecular weight excluding hydrogens is 475 g/mol. The number of nitrogens with one attached hydrogen (secondary N) is 2. The van der Waals surface area contributed by atoms with E-state index in [-0.39, 0.29) is 29.4 Å². The van der Waals surface area contributed by atoms with Gasteiger partial charge in [0.1, 0.15) is 12.1 Å². The van der Waals surface area contributed by atoms with Crippen LogP contribution in [0.4, 0.5) is 0 Å². The van der Waals surface area contributed by atoms with Crippen LogP contribution in [-0.2, 0) is 12.0 Å². The van der Waals surface area contributed by atoms with Crippen LogP contribution in [0.2, 0.25) is 0 Å². The molecule has 0 amide bonds. The Morgan fingerprint density at radius 1 is 1.10 bits per heavy atom. The summed E-state index contributed by atoms with van der Waals surface area (Å²) in [5.41, 5.74) is 2.37. The van der Waals surface area contributed by atoms with Crippen molar-refractivity contribution in [3.63, 3.8) is 0 Å². The molecule has 0 unspecified atom stereocenters. The first kappa shape index (κ1) is 22.9. The highest BCUT2D eigenvalue weighted by molar-refractivity contribution is 14.0. The molecule has 0 saturated heterocycles. The van der Waals surface area contributed by atoms with Crippen molar-refractivity contribution >= 4 is 29.9 Å². The maximum absolute atomic E-state index is 4.71. The van der Waals surface area contributed by atoms with Gasteiger partial charge in [0.05, 0.1) is 6.54 Å². The Kier molecular flexibility index (Phi) is 8.63. The number of hydrogen-bond acceptors (Lipinski definition) is 3. The van der Waals surface area contributed by atoms with Crippen molar-refractivity contribution in [2.45, 2.75) is 32.7 Å². The molecule has 29 heavy (non-hydrogen) atoms. The Balaban J connectivity index is 0.00000300. The maximum Gasteiger partial charge on any atom is 0.191 e. The minimum Gasteiger partial charge on any atom is -0.357 e. The lowest BCUT2D eigenvalue weighted by Gasteiger charge is -2.26. The molecule has 6 nitrogen and oxygen atoms in total. The fourth-order valence-corrected chi connectivity index (χ4v) is 2.87. The van der Waals surface area contributed by atoms with Crippen LogP contribution in [0.5, 0.6) is 0 Å². The molecule has 0 spiro atoms. The van der Waals surface area contributed by atoms with Crippen molar-refractivity contribution < 1.29 is 0 Å². The highest BCUT2D eigenvalue weighted by Crippen LogP contribution is 2.21. The maximum atomic E-state index is 4.71. The summed E-state index contributed by atoms with van der Waals surface area (Å²) in [6, 6.07) is 14.6. The van der Waals surface area contributed by atoms with Crippen LogP contribution in [0, 0.1) is 0 Å². The van der Waals surface area contributed by atoms with Crippen LogP contribution >= 0.6 is 24.0 Å². The lowest BCUT2D eigenvalue weighted by molar-refractivity contribution is 0.508. The van der Waals surface area contributed by atoms with Gasteiger partial charge in [-0.2, -0.15) is 0 Å². The molecule has 0 fully saturated rings. The van der Waals surface area contributed by atoms with Gasteiger partial charge in [-0.15, -0.1) is 24.0 Å². The number of aliphatic imine (C=N–C) groups is 1. The van der Waals surface area contributed by atoms with E-state index in [1.54, 1.807) is 12.5 Å². The Morgan fingerprint density at radius 2 is 1.90 bits per heavy atom. The van der Waals surface area contributed by atoms with E-state index >= 15 is 0 Å². The Labute approximate surface area is 189 Å². The summed E-state index contributed by atoms with van der Waals surface area (Å²) in [5, 5.41) is 6.79. The number of hydrogen-bond donors (Lipinski definition) is 2. The normalized spacial score (nSPS) is 11.6. The monoisotopic (exact) mass is 504 g/mol. The Bertz CT molecular complexity index is 873. The molecule has 3 rings (SSSR count). The van der Waals surface area contributed by atoms with Gasteiger partial charge in [-0.1, -0.05) is 50.2 Å². The van der Waals surface area contributed by atoms with Crippen LogP contribution in [0.25, 0.3) is 5.82 Å². The number of guanidine groups is 1. The molecule has 0 atom stereocenters. The summed E-state index contributed by atoms with van der Waals surface area (Å²) in [5.74, 6) is 1.66. The van der Waals surface area contributed by atoms with Gasteiger partial charge in [0.25, 0.3) is 0 Å². The summed E-state index contributed by atoms with van der Waals surface area (Å²) in [7, 11) is 0. The number of pyridine rings is 1. The SMILES string of the molecule is CCNC(=NCc1ccc(-n2ccnc2)nc1)NCC(C)(C)c1ccccc1.I. The summed E-state index contributed by atoms with van der Waals surface area (Å²) < 4.78 is 1.88. The lowest BCUT2D eigenvalue weighted by Crippen LogP contribution is -2.43. The first-order valence-electron chi connectivity index (χ1n) is 9.59. The van der Waals surface area contributed by atoms with Crippen molar-refractivity contribution in [2.75, 3.05) is 13.1 Å². The molecule has 7 heteroatoms. The van der Waals surface area contributed by atoms with Crippen LogP contribution in [-0.4, -0.2) is 33.6 Å². The third-order valence-electron chi connectivity index (χ3n) is 4.60. The van der Waals surface area contributed by atoms with Gasteiger partial charge in [-0.05, 0) is 24.1 Å². The van der Waals surface area contributed by atoms with Gasteiger partial charge in [-0.25, -0.2) is 15.0 Å². The molecular formula is C22H29IN6. The minimum absolute atomic E-state index is 0. The molecule has 2 heterocycles. The summed E-state index contributed by atoms with van der Waals surface area (Å²) in [6.07, 6.45) is 7.21. The number of benzene rings is 1. The predicted octanol–water partition coefficient (Wildman–Crippen LogP) is 3.92. The van der Waals surface area contributed by atoms with Gasteiger partial charge < -0.3 is 10.6 Å². The Morgan fingerprint density at radius 3 is 2.52 bits per heavy atom. The van der Waals surface area contributed by atoms with Crippen LogP contribution in [0.15, 0.2) is 72.4 Å². The summed E-state index contributed by atoms with van der Waals surface area (Å²) >= 11 is 0. The number of halogens is 1. The molecule has 0 saturated carbocycles. The summed E-state index contributed by atoms with van der Waals surface area (Å²) in [6.45, 7) is 8.71. The average molecular weight is 504 g/mol. The molecule has 2 N–H and O–H groups in total. The van der Waals surface area contributed by atoms with Crippen molar-refractivity contribution in [1.29, 1.82) is 0 Å². The van der Waals surface area contributed by atoms with E-state index in [1.807, 2.05) is 35.2 Å². The first-order valence-corrected chi connectivity index (χ1v) is 9.59. The second kappa shape index (κ2) is 10.9. The van der Waals surface area contributed by atoms with Crippen molar-refractivity contribution in [3.05, 3.63) is 78.5 Å². The fraction of sp³-hybridized carbons (Fsp3) is 0.318. The van der Waals surface area contributed by atoms with Crippen LogP contribution in [0.1, 0.15) is 31.9 Å². The van der Waals surface area contributed by atoms with Gasteiger partial charge in [0.2, 0.25) is 0 Å². The van der Waals surface area contributed by atoms with Crippen LogP contribution in [0.3, 0.4) is 0 Å². The quantitative estimate of drug-likeness (QED) is 0.291. The molecule has 0 aliphatic rings. The third-order valence-corrected chi connectivity index (χ3v) is 4.60. The van der Waals surface area contributed by atoms with Gasteiger partial charge in [-0.3, -0.25) is 4.57 Å². The molecule has 0 bridgehead atoms. The smallest absolute Gasteiger partial charge is 0.191 e. The second-order valence-corrected chi connectivity index (χ2v) is 7.29. The number of imidazole rings is 1. The topological polar surface area (TPSA) is 67.1 Å². The highest BCUT2D eigenvalue weighted by atomic mass is 127. The minimum atomic E-state index is 0. The Hall–Kier alpha value is -2.42. The first-order chi connectivity index (χ1) is 13.6. The van der Waals surface area contributed by atoms with E-state index < -0.39 is 0 Å². The molecule has 1 aromatic carbocycles. The van der Waals surface area contributed by atoms with Crippen molar-refractivity contribution in [1.82, 2.24) is 25.2 Å². The van der Waals surface area contributed by atoms with E-state index in [9.17, 15) is 0 Å². The average Bonchev–Trinajstić information content (AvgIpc) is 3.26. The number of rotatable bonds is 7. The van der Waals surface area contributed by atoms with E-state index in [0.717, 1.165) is 30.4 Å². The zero-order chi connectivity index (χ0) is 19.8. The van der Waals surface area contributed by atoms with E-state index in [4.69, 9.17) is 4.99 Å². The van der Waals surface area contributed by atoms with Crippen LogP contribution < -0.4 is 10.6 Å². The van der Waals surface area contributed by atoms with E-state index in [1.165, 1.54) is 5.56 Å². The lowest BCUT2D eigenvalue weighted by atomic mass is 9.85. The second-order valence-electron chi connectivity index (χ2n) is 7.29. The largest absolute Gasteiger partial charge is 0.357 e. The van der Waals surface area contributed by atoms with E-state index in [0.29, 0.717) is 6.54 Å². The standard InChI is InChI=1S/C22H28N6.HI/c1-4-24-21(27-16-22(2,3)19-8-6-5-7-9-19)26-15-18-10-11-20(25-14-18)28-13-12-23-17-28;/h5-14,17H,4,15-16H2,1-3H3,(H2,24,26,27);1H. The van der Waals surface area contributed by atoms with Crippen molar-refractivity contribution in [2.24, 2.45) is 4.99 Å². The summed E-state index contributed by atoms with van der Waals surface area (Å²) in [4.78, 5) is 13.2. The van der Waals surface area contributed by atoms with Gasteiger partial charge in [0, 0.05) is 37.1 Å². The number of aromatic nitrogens is 3. The van der Waals surface area contributed by atoms with Crippen molar-refractivity contribution in [3.8, 4) is 5.82 Å². The van der Waals surface area contributed by atoms with Gasteiger partial charge in [0.15, 0.2) is 5.96 Å². The molecule has 0 aliphatic carbocycles. The number of nitrogens with zero attached hydrogens (tertiary/aromatic N) is 4. The molecule has 3 aromatic rings. The van der Waals surface area contributed by atoms with Gasteiger partial charge >= 0.3 is 0 Å². The molecule has 154 valence electrons. The predicted molar refractivity (Wildman–Crippen MR) is 129 cm³/mol. The zero-order valence-electron chi connectivity index (χ0n) is 17.2. The molecule has 2 aromatic heterocycles. The zero-order valence-corrected chi connectivity index (χ0v) is 19.5. The fourth-order valence-electron chi connectivity index (χ4n) is 2.87. The molecule has 0 aliphatic heterocycles. The third kappa shape index (κ3) is 6.56. The highest BCUT2D eigenvalue weighted by Gasteiger charge is 2.20.